The van der Waals surface area contributed by atoms with E-state index in [0.29, 0.717) is 0 Å². The molecule has 1 atom stereocenters. The van der Waals surface area contributed by atoms with Crippen molar-refractivity contribution in [1.82, 2.24) is 0 Å². The molecular formula is C13H19ClN2. The van der Waals surface area contributed by atoms with Gasteiger partial charge in [-0.05, 0) is 44.9 Å². The van der Waals surface area contributed by atoms with E-state index >= 15 is 0 Å². The summed E-state index contributed by atoms with van der Waals surface area (Å²) in [6, 6.07) is 6.27. The molecule has 0 spiro atoms. The Kier molecular flexibility index (Phi) is 2.89. The van der Waals surface area contributed by atoms with Crippen molar-refractivity contribution in [1.29, 1.82) is 0 Å². The molecule has 1 fully saturated rings. The van der Waals surface area contributed by atoms with E-state index in [-0.39, 0.29) is 11.6 Å². The highest BCUT2D eigenvalue weighted by Gasteiger charge is 2.39. The van der Waals surface area contributed by atoms with Crippen LogP contribution < -0.4 is 10.6 Å². The number of anilines is 1. The highest BCUT2D eigenvalue weighted by Crippen LogP contribution is 2.35. The third-order valence-corrected chi connectivity index (χ3v) is 3.96. The first-order valence-corrected chi connectivity index (χ1v) is 6.10. The maximum atomic E-state index is 6.15. The number of benzene rings is 1. The summed E-state index contributed by atoms with van der Waals surface area (Å²) in [6.45, 7) is 7.52. The van der Waals surface area contributed by atoms with E-state index in [9.17, 15) is 0 Å². The van der Waals surface area contributed by atoms with Crippen molar-refractivity contribution >= 4 is 17.3 Å². The van der Waals surface area contributed by atoms with Crippen LogP contribution in [0.2, 0.25) is 5.02 Å². The lowest BCUT2D eigenvalue weighted by molar-refractivity contribution is 0.453. The molecule has 1 aliphatic rings. The fourth-order valence-electron chi connectivity index (χ4n) is 2.41. The van der Waals surface area contributed by atoms with Crippen molar-refractivity contribution in [3.8, 4) is 0 Å². The summed E-state index contributed by atoms with van der Waals surface area (Å²) < 4.78 is 0. The highest BCUT2D eigenvalue weighted by atomic mass is 35.5. The van der Waals surface area contributed by atoms with Crippen LogP contribution in [0.3, 0.4) is 0 Å². The van der Waals surface area contributed by atoms with Gasteiger partial charge in [-0.25, -0.2) is 0 Å². The summed E-state index contributed by atoms with van der Waals surface area (Å²) in [5.41, 5.74) is 8.63. The average molecular weight is 239 g/mol. The Hall–Kier alpha value is -0.730. The van der Waals surface area contributed by atoms with Crippen LogP contribution in [-0.2, 0) is 0 Å². The summed E-state index contributed by atoms with van der Waals surface area (Å²) in [5.74, 6) is 0. The molecule has 1 aromatic carbocycles. The van der Waals surface area contributed by atoms with Crippen LogP contribution in [0.1, 0.15) is 25.8 Å². The minimum Gasteiger partial charge on any atom is -0.365 e. The van der Waals surface area contributed by atoms with Gasteiger partial charge in [0.05, 0.1) is 0 Å². The molecule has 88 valence electrons. The summed E-state index contributed by atoms with van der Waals surface area (Å²) in [4.78, 5) is 2.37. The smallest absolute Gasteiger partial charge is 0.0497 e. The molecule has 0 radical (unpaired) electrons. The zero-order valence-electron chi connectivity index (χ0n) is 10.1. The van der Waals surface area contributed by atoms with Gasteiger partial charge in [-0.15, -0.1) is 0 Å². The number of hydrogen-bond donors (Lipinski definition) is 1. The van der Waals surface area contributed by atoms with E-state index in [1.54, 1.807) is 0 Å². The predicted octanol–water partition coefficient (Wildman–Crippen LogP) is 2.96. The van der Waals surface area contributed by atoms with E-state index < -0.39 is 0 Å². The first kappa shape index (κ1) is 11.7. The molecule has 0 bridgehead atoms. The molecule has 1 aromatic rings. The Labute approximate surface area is 102 Å². The second-order valence-corrected chi connectivity index (χ2v) is 5.57. The average Bonchev–Trinajstić information content (AvgIpc) is 2.47. The molecule has 1 heterocycles. The molecule has 2 nitrogen and oxygen atoms in total. The normalized spacial score (nSPS) is 23.8. The molecule has 1 aliphatic heterocycles. The van der Waals surface area contributed by atoms with Gasteiger partial charge in [-0.3, -0.25) is 0 Å². The Balaban J connectivity index is 2.41. The van der Waals surface area contributed by atoms with E-state index in [1.165, 1.54) is 11.3 Å². The van der Waals surface area contributed by atoms with E-state index in [2.05, 4.69) is 31.7 Å². The van der Waals surface area contributed by atoms with E-state index in [1.807, 2.05) is 12.1 Å². The summed E-state index contributed by atoms with van der Waals surface area (Å²) >= 11 is 6.07. The molecule has 1 unspecified atom stereocenters. The molecule has 3 heteroatoms. The van der Waals surface area contributed by atoms with Crippen molar-refractivity contribution in [3.63, 3.8) is 0 Å². The number of hydrogen-bond acceptors (Lipinski definition) is 2. The summed E-state index contributed by atoms with van der Waals surface area (Å²) in [5, 5.41) is 0.789. The minimum absolute atomic E-state index is 0.00937. The maximum Gasteiger partial charge on any atom is 0.0497 e. The van der Waals surface area contributed by atoms with Crippen LogP contribution in [0.4, 0.5) is 5.69 Å². The van der Waals surface area contributed by atoms with Gasteiger partial charge in [-0.1, -0.05) is 17.7 Å². The second kappa shape index (κ2) is 3.94. The quantitative estimate of drug-likeness (QED) is 0.815. The first-order valence-electron chi connectivity index (χ1n) is 5.72. The Morgan fingerprint density at radius 1 is 1.44 bits per heavy atom. The number of nitrogens with zero attached hydrogens (tertiary/aromatic N) is 1. The zero-order valence-corrected chi connectivity index (χ0v) is 10.9. The van der Waals surface area contributed by atoms with E-state index in [0.717, 1.165) is 18.0 Å². The molecule has 2 N–H and O–H groups in total. The Morgan fingerprint density at radius 2 is 2.12 bits per heavy atom. The van der Waals surface area contributed by atoms with E-state index in [4.69, 9.17) is 17.3 Å². The predicted molar refractivity (Wildman–Crippen MR) is 70.2 cm³/mol. The van der Waals surface area contributed by atoms with Crippen molar-refractivity contribution in [2.75, 3.05) is 11.4 Å². The van der Waals surface area contributed by atoms with Crippen LogP contribution in [0.15, 0.2) is 18.2 Å². The number of rotatable bonds is 1. The molecule has 0 aromatic heterocycles. The molecule has 1 saturated heterocycles. The highest BCUT2D eigenvalue weighted by molar-refractivity contribution is 6.30. The van der Waals surface area contributed by atoms with Gasteiger partial charge < -0.3 is 10.6 Å². The van der Waals surface area contributed by atoms with Crippen LogP contribution in [-0.4, -0.2) is 18.1 Å². The van der Waals surface area contributed by atoms with Gasteiger partial charge in [0.25, 0.3) is 0 Å². The lowest BCUT2D eigenvalue weighted by atomic mass is 9.96. The fourth-order valence-corrected chi connectivity index (χ4v) is 2.58. The summed E-state index contributed by atoms with van der Waals surface area (Å²) in [7, 11) is 0. The van der Waals surface area contributed by atoms with Crippen molar-refractivity contribution < 1.29 is 0 Å². The van der Waals surface area contributed by atoms with Crippen LogP contribution in [0.5, 0.6) is 0 Å². The lowest BCUT2D eigenvalue weighted by Crippen LogP contribution is -2.49. The largest absolute Gasteiger partial charge is 0.365 e. The van der Waals surface area contributed by atoms with Gasteiger partial charge in [0.15, 0.2) is 0 Å². The van der Waals surface area contributed by atoms with Crippen molar-refractivity contribution in [2.24, 2.45) is 5.73 Å². The maximum absolute atomic E-state index is 6.15. The minimum atomic E-state index is 0.00937. The topological polar surface area (TPSA) is 29.3 Å². The number of nitrogens with two attached hydrogens (primary N) is 1. The van der Waals surface area contributed by atoms with Crippen molar-refractivity contribution in [2.45, 2.75) is 38.8 Å². The Morgan fingerprint density at radius 3 is 2.69 bits per heavy atom. The van der Waals surface area contributed by atoms with Crippen LogP contribution in [0, 0.1) is 6.92 Å². The molecule has 0 aliphatic carbocycles. The van der Waals surface area contributed by atoms with Gasteiger partial charge in [0.2, 0.25) is 0 Å². The van der Waals surface area contributed by atoms with Crippen molar-refractivity contribution in [3.05, 3.63) is 28.8 Å². The van der Waals surface area contributed by atoms with Gasteiger partial charge >= 0.3 is 0 Å². The zero-order chi connectivity index (χ0) is 11.9. The Bertz CT molecular complexity index is 401. The van der Waals surface area contributed by atoms with Crippen LogP contribution in [0.25, 0.3) is 0 Å². The third-order valence-electron chi connectivity index (χ3n) is 3.73. The lowest BCUT2D eigenvalue weighted by Gasteiger charge is -2.37. The van der Waals surface area contributed by atoms with Gasteiger partial charge in [-0.2, -0.15) is 0 Å². The third kappa shape index (κ3) is 1.80. The first-order chi connectivity index (χ1) is 7.43. The fraction of sp³-hybridized carbons (Fsp3) is 0.538. The second-order valence-electron chi connectivity index (χ2n) is 5.13. The molecule has 0 saturated carbocycles. The molecular weight excluding hydrogens is 220 g/mol. The van der Waals surface area contributed by atoms with Gasteiger partial charge in [0, 0.05) is 28.8 Å². The standard InChI is InChI=1S/C13H19ClN2/c1-9-4-5-10(14)8-11(9)16-7-6-12(15)13(16,2)3/h4-5,8,12H,6-7,15H2,1-3H3. The number of halogens is 1. The van der Waals surface area contributed by atoms with Crippen LogP contribution >= 0.6 is 11.6 Å². The molecule has 2 rings (SSSR count). The van der Waals surface area contributed by atoms with Gasteiger partial charge in [0.1, 0.15) is 0 Å². The molecule has 0 amide bonds. The number of aryl methyl sites for hydroxylation is 1. The monoisotopic (exact) mass is 238 g/mol. The SMILES string of the molecule is Cc1ccc(Cl)cc1N1CCC(N)C1(C)C. The molecule has 16 heavy (non-hydrogen) atoms. The summed E-state index contributed by atoms with van der Waals surface area (Å²) in [6.07, 6.45) is 1.04.